The Morgan fingerprint density at radius 2 is 1.76 bits per heavy atom. The van der Waals surface area contributed by atoms with E-state index < -0.39 is 23.5 Å². The van der Waals surface area contributed by atoms with E-state index in [-0.39, 0.29) is 34.3 Å². The van der Waals surface area contributed by atoms with Gasteiger partial charge < -0.3 is 15.4 Å². The fraction of sp³-hybridized carbons (Fsp3) is 0.385. The Balaban J connectivity index is 1.14. The number of benzene rings is 2. The first-order valence-electron chi connectivity index (χ1n) is 17.9. The Hall–Kier alpha value is -5.21. The van der Waals surface area contributed by atoms with Gasteiger partial charge in [-0.25, -0.2) is 28.5 Å². The Kier molecular flexibility index (Phi) is 9.00. The molecular weight excluding hydrogens is 718 g/mol. The van der Waals surface area contributed by atoms with Crippen LogP contribution in [-0.2, 0) is 25.3 Å². The minimum absolute atomic E-state index is 0.0994. The highest BCUT2D eigenvalue weighted by atomic mass is 35.5. The fourth-order valence-electron chi connectivity index (χ4n) is 8.52. The number of anilines is 2. The van der Waals surface area contributed by atoms with Crippen molar-refractivity contribution < 1.29 is 18.3 Å². The molecule has 2 N–H and O–H groups in total. The Morgan fingerprint density at radius 1 is 1.00 bits per heavy atom. The number of likely N-dealkylation sites (tertiary alicyclic amines) is 1. The molecule has 3 aliphatic rings. The Morgan fingerprint density at radius 3 is 2.52 bits per heavy atom. The molecule has 0 radical (unpaired) electrons. The molecule has 12 nitrogen and oxygen atoms in total. The average molecular weight is 757 g/mol. The molecule has 2 unspecified atom stereocenters. The van der Waals surface area contributed by atoms with Crippen molar-refractivity contribution in [1.82, 2.24) is 34.3 Å². The summed E-state index contributed by atoms with van der Waals surface area (Å²) >= 11 is 7.22. The lowest BCUT2D eigenvalue weighted by Crippen LogP contribution is -2.53. The van der Waals surface area contributed by atoms with E-state index in [1.165, 1.54) is 14.1 Å². The lowest BCUT2D eigenvalue weighted by Gasteiger charge is -2.35. The lowest BCUT2D eigenvalue weighted by atomic mass is 9.88. The quantitative estimate of drug-likeness (QED) is 0.201. The van der Waals surface area contributed by atoms with Crippen LogP contribution in [0.15, 0.2) is 52.1 Å². The summed E-state index contributed by atoms with van der Waals surface area (Å²) in [5, 5.41) is 6.74. The maximum absolute atomic E-state index is 13.9. The summed E-state index contributed by atoms with van der Waals surface area (Å²) in [6.07, 6.45) is 2.18. The summed E-state index contributed by atoms with van der Waals surface area (Å²) in [5.74, 6) is -0.262. The summed E-state index contributed by atoms with van der Waals surface area (Å²) in [4.78, 5) is 53.5. The number of nitrogens with one attached hydrogen (secondary N) is 2. The molecule has 1 aliphatic carbocycles. The summed E-state index contributed by atoms with van der Waals surface area (Å²) < 4.78 is 35.7. The van der Waals surface area contributed by atoms with Crippen molar-refractivity contribution >= 4 is 40.0 Å². The molecule has 2 atom stereocenters. The van der Waals surface area contributed by atoms with Crippen LogP contribution in [0.25, 0.3) is 33.4 Å². The van der Waals surface area contributed by atoms with Crippen LogP contribution in [0, 0.1) is 6.92 Å². The highest BCUT2D eigenvalue weighted by Crippen LogP contribution is 2.47. The molecule has 0 bridgehead atoms. The number of hydrogen-bond acceptors (Lipinski definition) is 9. The second-order valence-electron chi connectivity index (χ2n) is 14.5. The maximum Gasteiger partial charge on any atom is 0.332 e. The maximum atomic E-state index is 13.9. The van der Waals surface area contributed by atoms with E-state index in [2.05, 4.69) is 31.6 Å². The number of piperidine rings is 1. The standard InChI is InChI=1S/C39H39ClF2N8O4/c1-20-22(8-6-11-25(20)43-33-30-35(46-34(45-33)32(41)42)48(2)38(53)49(3)37(30)52)23-9-5-10-24(31(23)40)26-18-21-13-14-27(29(21)36(44-26)54-4)50-17-16-39(19-50)15-7-12-28(51)47-39/h5-6,8-11,18,27,32H,7,12-17,19H2,1-4H3,(H,47,51)(H,43,45,46). The normalized spacial score (nSPS) is 19.9. The van der Waals surface area contributed by atoms with Crippen LogP contribution in [0.4, 0.5) is 20.3 Å². The third kappa shape index (κ3) is 5.91. The van der Waals surface area contributed by atoms with Crippen LogP contribution in [0.3, 0.4) is 0 Å². The van der Waals surface area contributed by atoms with Gasteiger partial charge in [0.25, 0.3) is 12.0 Å². The van der Waals surface area contributed by atoms with Crippen molar-refractivity contribution in [2.24, 2.45) is 14.1 Å². The second-order valence-corrected chi connectivity index (χ2v) is 14.8. The Labute approximate surface area is 314 Å². The topological polar surface area (TPSA) is 136 Å². The number of alkyl halides is 2. The fourth-order valence-corrected chi connectivity index (χ4v) is 8.84. The summed E-state index contributed by atoms with van der Waals surface area (Å²) in [6.45, 7) is 3.56. The number of hydrogen-bond donors (Lipinski definition) is 2. The molecule has 2 saturated heterocycles. The van der Waals surface area contributed by atoms with Gasteiger partial charge in [-0.2, -0.15) is 0 Å². The van der Waals surface area contributed by atoms with E-state index in [9.17, 15) is 23.2 Å². The average Bonchev–Trinajstić information content (AvgIpc) is 3.77. The molecule has 3 aromatic heterocycles. The lowest BCUT2D eigenvalue weighted by molar-refractivity contribution is -0.125. The number of ether oxygens (including phenoxy) is 1. The van der Waals surface area contributed by atoms with Crippen molar-refractivity contribution in [3.05, 3.63) is 90.8 Å². The van der Waals surface area contributed by atoms with E-state index in [1.807, 2.05) is 31.2 Å². The second kappa shape index (κ2) is 13.6. The van der Waals surface area contributed by atoms with Gasteiger partial charge in [0.05, 0.1) is 23.4 Å². The number of aromatic nitrogens is 5. The molecule has 1 amide bonds. The predicted molar refractivity (Wildman–Crippen MR) is 202 cm³/mol. The Bertz CT molecular complexity index is 2490. The van der Waals surface area contributed by atoms with E-state index >= 15 is 0 Å². The molecule has 0 saturated carbocycles. The molecule has 8 rings (SSSR count). The van der Waals surface area contributed by atoms with Gasteiger partial charge in [0, 0.05) is 62.0 Å². The molecule has 280 valence electrons. The molecule has 2 fully saturated rings. The number of methoxy groups -OCH3 is 1. The molecule has 1 spiro atoms. The van der Waals surface area contributed by atoms with Crippen molar-refractivity contribution in [3.8, 4) is 28.3 Å². The third-order valence-electron chi connectivity index (χ3n) is 11.3. The van der Waals surface area contributed by atoms with Gasteiger partial charge in [-0.1, -0.05) is 41.9 Å². The van der Waals surface area contributed by atoms with Gasteiger partial charge in [0.1, 0.15) is 11.2 Å². The van der Waals surface area contributed by atoms with Gasteiger partial charge in [-0.05, 0) is 67.9 Å². The number of carbonyl (C=O) groups is 1. The number of amides is 1. The largest absolute Gasteiger partial charge is 0.481 e. The molecule has 2 aliphatic heterocycles. The van der Waals surface area contributed by atoms with E-state index in [4.69, 9.17) is 21.3 Å². The van der Waals surface area contributed by atoms with E-state index in [0.717, 1.165) is 71.0 Å². The van der Waals surface area contributed by atoms with Gasteiger partial charge in [0.2, 0.25) is 11.8 Å². The number of halogens is 3. The summed E-state index contributed by atoms with van der Waals surface area (Å²) in [5.41, 5.74) is 4.53. The van der Waals surface area contributed by atoms with E-state index in [1.54, 1.807) is 19.2 Å². The number of pyridine rings is 1. The van der Waals surface area contributed by atoms with Crippen molar-refractivity contribution in [2.45, 2.75) is 63.5 Å². The van der Waals surface area contributed by atoms with Crippen LogP contribution < -0.4 is 26.6 Å². The number of aryl methyl sites for hydroxylation is 2. The molecule has 54 heavy (non-hydrogen) atoms. The zero-order valence-electron chi connectivity index (χ0n) is 30.3. The highest BCUT2D eigenvalue weighted by Gasteiger charge is 2.45. The van der Waals surface area contributed by atoms with Crippen LogP contribution in [-0.4, -0.2) is 60.6 Å². The van der Waals surface area contributed by atoms with Crippen molar-refractivity contribution in [2.75, 3.05) is 25.5 Å². The first-order chi connectivity index (χ1) is 25.9. The SMILES string of the molecule is COc1nc(-c2cccc(-c3cccc(Nc4nc(C(F)F)nc5c4c(=O)n(C)c(=O)n5C)c3C)c2Cl)cc2c1C(N1CCC3(CCCC(=O)N3)C1)CC2. The monoisotopic (exact) mass is 756 g/mol. The molecule has 5 aromatic rings. The minimum Gasteiger partial charge on any atom is -0.481 e. The van der Waals surface area contributed by atoms with E-state index in [0.29, 0.717) is 45.4 Å². The van der Waals surface area contributed by atoms with Crippen LogP contribution in [0.5, 0.6) is 5.88 Å². The van der Waals surface area contributed by atoms with Crippen LogP contribution in [0.1, 0.15) is 67.1 Å². The first-order valence-corrected chi connectivity index (χ1v) is 18.3. The third-order valence-corrected chi connectivity index (χ3v) is 11.7. The van der Waals surface area contributed by atoms with Gasteiger partial charge in [-0.3, -0.25) is 23.6 Å². The van der Waals surface area contributed by atoms with Gasteiger partial charge in [0.15, 0.2) is 11.5 Å². The zero-order chi connectivity index (χ0) is 38.1. The molecular formula is C39H39ClF2N8O4. The zero-order valence-corrected chi connectivity index (χ0v) is 31.1. The van der Waals surface area contributed by atoms with Gasteiger partial charge in [-0.15, -0.1) is 0 Å². The number of fused-ring (bicyclic) bond motifs is 2. The molecule has 5 heterocycles. The predicted octanol–water partition coefficient (Wildman–Crippen LogP) is 6.14. The summed E-state index contributed by atoms with van der Waals surface area (Å²) in [6, 6.07) is 13.4. The summed E-state index contributed by atoms with van der Waals surface area (Å²) in [7, 11) is 4.30. The first kappa shape index (κ1) is 35.8. The van der Waals surface area contributed by atoms with Crippen LogP contribution >= 0.6 is 11.6 Å². The number of carbonyl (C=O) groups excluding carboxylic acids is 1. The van der Waals surface area contributed by atoms with Gasteiger partial charge >= 0.3 is 5.69 Å². The smallest absolute Gasteiger partial charge is 0.332 e. The van der Waals surface area contributed by atoms with Crippen molar-refractivity contribution in [3.63, 3.8) is 0 Å². The highest BCUT2D eigenvalue weighted by molar-refractivity contribution is 6.36. The van der Waals surface area contributed by atoms with Crippen LogP contribution in [0.2, 0.25) is 5.02 Å². The van der Waals surface area contributed by atoms with Crippen molar-refractivity contribution in [1.29, 1.82) is 0 Å². The minimum atomic E-state index is -3.04. The molecule has 15 heteroatoms. The molecule has 2 aromatic carbocycles. The number of rotatable bonds is 7. The number of nitrogens with zero attached hydrogens (tertiary/aromatic N) is 6.